The number of amides is 1. The van der Waals surface area contributed by atoms with Crippen LogP contribution in [0.15, 0.2) is 59.9 Å². The molecule has 5 heteroatoms. The van der Waals surface area contributed by atoms with Crippen LogP contribution >= 0.6 is 11.8 Å². The van der Waals surface area contributed by atoms with E-state index in [2.05, 4.69) is 22.2 Å². The monoisotopic (exact) mass is 323 g/mol. The van der Waals surface area contributed by atoms with Crippen molar-refractivity contribution in [1.82, 2.24) is 9.97 Å². The van der Waals surface area contributed by atoms with Crippen LogP contribution in [-0.2, 0) is 11.2 Å². The van der Waals surface area contributed by atoms with Crippen LogP contribution in [0, 0.1) is 0 Å². The molecule has 0 bridgehead atoms. The number of hydrogen-bond acceptors (Lipinski definition) is 4. The number of aryl methyl sites for hydroxylation is 1. The third-order valence-electron chi connectivity index (χ3n) is 3.49. The molecule has 0 saturated heterocycles. The van der Waals surface area contributed by atoms with Crippen LogP contribution in [0.4, 0.5) is 5.69 Å². The Morgan fingerprint density at radius 2 is 1.87 bits per heavy atom. The number of para-hydroxylation sites is 1. The van der Waals surface area contributed by atoms with E-state index in [1.54, 1.807) is 0 Å². The van der Waals surface area contributed by atoms with Gasteiger partial charge in [0.15, 0.2) is 0 Å². The van der Waals surface area contributed by atoms with Crippen molar-refractivity contribution in [2.45, 2.75) is 18.4 Å². The number of carbonyl (C=O) groups is 1. The molecule has 4 nitrogen and oxygen atoms in total. The fraction of sp³-hybridized carbons (Fsp3) is 0.167. The average molecular weight is 323 g/mol. The number of rotatable bonds is 5. The molecule has 23 heavy (non-hydrogen) atoms. The van der Waals surface area contributed by atoms with Crippen LogP contribution in [0.3, 0.4) is 0 Å². The second kappa shape index (κ2) is 7.24. The minimum absolute atomic E-state index is 0.0399. The second-order valence-corrected chi connectivity index (χ2v) is 6.05. The van der Waals surface area contributed by atoms with Crippen molar-refractivity contribution in [3.63, 3.8) is 0 Å². The van der Waals surface area contributed by atoms with E-state index in [9.17, 15) is 4.79 Å². The molecular formula is C18H17N3OS. The molecule has 1 heterocycles. The van der Waals surface area contributed by atoms with Crippen LogP contribution in [-0.4, -0.2) is 21.6 Å². The number of hydrogen-bond donors (Lipinski definition) is 1. The van der Waals surface area contributed by atoms with E-state index >= 15 is 0 Å². The van der Waals surface area contributed by atoms with Gasteiger partial charge in [-0.2, -0.15) is 0 Å². The van der Waals surface area contributed by atoms with Gasteiger partial charge in [0.1, 0.15) is 11.4 Å². The van der Waals surface area contributed by atoms with E-state index in [0.717, 1.165) is 28.0 Å². The Kier molecular flexibility index (Phi) is 4.88. The fourth-order valence-electron chi connectivity index (χ4n) is 2.25. The smallest absolute Gasteiger partial charge is 0.234 e. The molecule has 0 unspecified atom stereocenters. The van der Waals surface area contributed by atoms with Crippen LogP contribution in [0.25, 0.3) is 10.9 Å². The molecule has 116 valence electrons. The van der Waals surface area contributed by atoms with Gasteiger partial charge in [-0.25, -0.2) is 9.97 Å². The van der Waals surface area contributed by atoms with Crippen LogP contribution < -0.4 is 5.32 Å². The Morgan fingerprint density at radius 1 is 1.09 bits per heavy atom. The summed E-state index contributed by atoms with van der Waals surface area (Å²) in [7, 11) is 0. The van der Waals surface area contributed by atoms with Gasteiger partial charge in [-0.05, 0) is 30.2 Å². The summed E-state index contributed by atoms with van der Waals surface area (Å²) in [5.41, 5.74) is 2.96. The molecule has 1 aromatic heterocycles. The molecule has 0 fully saturated rings. The van der Waals surface area contributed by atoms with E-state index in [1.165, 1.54) is 23.7 Å². The van der Waals surface area contributed by atoms with Gasteiger partial charge >= 0.3 is 0 Å². The van der Waals surface area contributed by atoms with E-state index in [-0.39, 0.29) is 5.91 Å². The topological polar surface area (TPSA) is 54.9 Å². The van der Waals surface area contributed by atoms with Crippen LogP contribution in [0.5, 0.6) is 0 Å². The zero-order valence-corrected chi connectivity index (χ0v) is 13.6. The van der Waals surface area contributed by atoms with Crippen molar-refractivity contribution in [1.29, 1.82) is 0 Å². The van der Waals surface area contributed by atoms with E-state index in [0.29, 0.717) is 5.75 Å². The quantitative estimate of drug-likeness (QED) is 0.571. The molecule has 0 aliphatic heterocycles. The van der Waals surface area contributed by atoms with Crippen molar-refractivity contribution < 1.29 is 4.79 Å². The van der Waals surface area contributed by atoms with Gasteiger partial charge in [-0.15, -0.1) is 0 Å². The van der Waals surface area contributed by atoms with E-state index in [1.807, 2.05) is 48.5 Å². The summed E-state index contributed by atoms with van der Waals surface area (Å²) in [5, 5.41) is 4.71. The second-order valence-electron chi connectivity index (χ2n) is 5.08. The minimum Gasteiger partial charge on any atom is -0.325 e. The number of nitrogens with zero attached hydrogens (tertiary/aromatic N) is 2. The molecule has 0 saturated carbocycles. The van der Waals surface area contributed by atoms with Crippen molar-refractivity contribution >= 4 is 34.3 Å². The Hall–Kier alpha value is -2.40. The van der Waals surface area contributed by atoms with Crippen molar-refractivity contribution in [3.8, 4) is 0 Å². The summed E-state index contributed by atoms with van der Waals surface area (Å²) in [4.78, 5) is 20.6. The first kappa shape index (κ1) is 15.5. The third-order valence-corrected chi connectivity index (χ3v) is 4.50. The number of anilines is 1. The zero-order chi connectivity index (χ0) is 16.1. The first-order valence-electron chi connectivity index (χ1n) is 7.47. The number of benzene rings is 2. The highest BCUT2D eigenvalue weighted by molar-refractivity contribution is 8.00. The largest absolute Gasteiger partial charge is 0.325 e. The molecule has 0 aliphatic rings. The molecule has 1 N–H and O–H groups in total. The number of nitrogens with one attached hydrogen (secondary N) is 1. The molecule has 0 radical (unpaired) electrons. The van der Waals surface area contributed by atoms with Crippen molar-refractivity contribution in [3.05, 3.63) is 60.4 Å². The molecule has 0 spiro atoms. The lowest BCUT2D eigenvalue weighted by molar-refractivity contribution is -0.113. The van der Waals surface area contributed by atoms with E-state index < -0.39 is 0 Å². The predicted octanol–water partition coefficient (Wildman–Crippen LogP) is 3.92. The SMILES string of the molecule is CCc1ccc(NC(=O)CSc2ncnc3ccccc23)cc1. The summed E-state index contributed by atoms with van der Waals surface area (Å²) >= 11 is 1.42. The number of fused-ring (bicyclic) bond motifs is 1. The van der Waals surface area contributed by atoms with Crippen LogP contribution in [0.1, 0.15) is 12.5 Å². The van der Waals surface area contributed by atoms with Gasteiger partial charge in [-0.3, -0.25) is 4.79 Å². The maximum Gasteiger partial charge on any atom is 0.234 e. The lowest BCUT2D eigenvalue weighted by atomic mass is 10.1. The number of carbonyl (C=O) groups excluding carboxylic acids is 1. The van der Waals surface area contributed by atoms with Crippen LogP contribution in [0.2, 0.25) is 0 Å². The summed E-state index contributed by atoms with van der Waals surface area (Å²) < 4.78 is 0. The maximum absolute atomic E-state index is 12.1. The molecule has 0 atom stereocenters. The fourth-order valence-corrected chi connectivity index (χ4v) is 3.04. The predicted molar refractivity (Wildman–Crippen MR) is 94.7 cm³/mol. The van der Waals surface area contributed by atoms with E-state index in [4.69, 9.17) is 0 Å². The number of thioether (sulfide) groups is 1. The average Bonchev–Trinajstić information content (AvgIpc) is 2.60. The van der Waals surface area contributed by atoms with Gasteiger partial charge in [0, 0.05) is 11.1 Å². The molecular weight excluding hydrogens is 306 g/mol. The highest BCUT2D eigenvalue weighted by atomic mass is 32.2. The maximum atomic E-state index is 12.1. The van der Waals surface area contributed by atoms with Gasteiger partial charge < -0.3 is 5.32 Å². The Labute approximate surface area is 139 Å². The van der Waals surface area contributed by atoms with Gasteiger partial charge in [-0.1, -0.05) is 49.0 Å². The van der Waals surface area contributed by atoms with Crippen molar-refractivity contribution in [2.75, 3.05) is 11.1 Å². The standard InChI is InChI=1S/C18H17N3OS/c1-2-13-7-9-14(10-8-13)21-17(22)11-23-18-15-5-3-4-6-16(15)19-12-20-18/h3-10,12H,2,11H2,1H3,(H,21,22). The van der Waals surface area contributed by atoms with Crippen molar-refractivity contribution in [2.24, 2.45) is 0 Å². The summed E-state index contributed by atoms with van der Waals surface area (Å²) in [6, 6.07) is 15.7. The van der Waals surface area contributed by atoms with Gasteiger partial charge in [0.25, 0.3) is 0 Å². The molecule has 3 rings (SSSR count). The summed E-state index contributed by atoms with van der Waals surface area (Å²) in [5.74, 6) is 0.276. The van der Waals surface area contributed by atoms with Gasteiger partial charge in [0.05, 0.1) is 11.3 Å². The molecule has 0 aliphatic carbocycles. The normalized spacial score (nSPS) is 10.7. The minimum atomic E-state index is -0.0399. The Bertz CT molecular complexity index is 813. The first-order chi connectivity index (χ1) is 11.3. The third kappa shape index (κ3) is 3.87. The molecule has 1 amide bonds. The Morgan fingerprint density at radius 3 is 2.65 bits per heavy atom. The lowest BCUT2D eigenvalue weighted by Crippen LogP contribution is -2.14. The molecule has 3 aromatic rings. The highest BCUT2D eigenvalue weighted by Crippen LogP contribution is 2.24. The zero-order valence-electron chi connectivity index (χ0n) is 12.8. The summed E-state index contributed by atoms with van der Waals surface area (Å²) in [6.45, 7) is 2.11. The highest BCUT2D eigenvalue weighted by Gasteiger charge is 2.08. The lowest BCUT2D eigenvalue weighted by Gasteiger charge is -2.07. The number of aromatic nitrogens is 2. The first-order valence-corrected chi connectivity index (χ1v) is 8.46. The molecule has 2 aromatic carbocycles. The van der Waals surface area contributed by atoms with Gasteiger partial charge in [0.2, 0.25) is 5.91 Å². The Balaban J connectivity index is 1.63. The summed E-state index contributed by atoms with van der Waals surface area (Å²) in [6.07, 6.45) is 2.52.